The van der Waals surface area contributed by atoms with Crippen LogP contribution in [0.15, 0.2) is 5.11 Å². The van der Waals surface area contributed by atoms with Crippen molar-refractivity contribution in [1.82, 2.24) is 0 Å². The van der Waals surface area contributed by atoms with Gasteiger partial charge in [0, 0.05) is 23.0 Å². The fourth-order valence-corrected chi connectivity index (χ4v) is 2.31. The molecule has 0 aliphatic heterocycles. The van der Waals surface area contributed by atoms with E-state index in [2.05, 4.69) is 16.9 Å². The summed E-state index contributed by atoms with van der Waals surface area (Å²) in [6.45, 7) is 2.76. The molecule has 0 aromatic rings. The van der Waals surface area contributed by atoms with Crippen molar-refractivity contribution in [3.05, 3.63) is 10.4 Å². The molecule has 0 atom stereocenters. The molecule has 5 heteroatoms. The molecule has 0 amide bonds. The first-order valence-corrected chi connectivity index (χ1v) is 5.66. The quantitative estimate of drug-likeness (QED) is 0.206. The van der Waals surface area contributed by atoms with Crippen LogP contribution in [0.5, 0.6) is 0 Å². The Hall–Kier alpha value is 0.01000. The van der Waals surface area contributed by atoms with Gasteiger partial charge in [-0.15, -0.1) is 0 Å². The lowest BCUT2D eigenvalue weighted by molar-refractivity contribution is 1.11. The molecule has 0 aliphatic rings. The molecule has 0 bridgehead atoms. The Labute approximate surface area is 69.0 Å². The fraction of sp³-hybridized carbons (Fsp3) is 1.00. The minimum atomic E-state index is 0.609. The maximum absolute atomic E-state index is 7.91. The Morgan fingerprint density at radius 3 is 2.70 bits per heavy atom. The Kier molecular flexibility index (Phi) is 9.02. The third-order valence-corrected chi connectivity index (χ3v) is 3.30. The normalized spacial score (nSPS) is 8.90. The van der Waals surface area contributed by atoms with Crippen LogP contribution in [0.25, 0.3) is 10.4 Å². The summed E-state index contributed by atoms with van der Waals surface area (Å²) in [6.07, 6.45) is 1.21. The van der Waals surface area contributed by atoms with Gasteiger partial charge in [0.25, 0.3) is 0 Å². The lowest BCUT2D eigenvalue weighted by Gasteiger charge is -1.93. The molecule has 58 valence electrons. The third kappa shape index (κ3) is 8.01. The van der Waals surface area contributed by atoms with Crippen molar-refractivity contribution in [2.75, 3.05) is 18.1 Å². The van der Waals surface area contributed by atoms with Gasteiger partial charge >= 0.3 is 0 Å². The summed E-state index contributed by atoms with van der Waals surface area (Å²) in [6, 6.07) is 0. The fourth-order valence-electron chi connectivity index (χ4n) is 0.324. The maximum atomic E-state index is 7.91. The van der Waals surface area contributed by atoms with Crippen molar-refractivity contribution in [1.29, 1.82) is 0 Å². The molecule has 0 unspecified atom stereocenters. The summed E-state index contributed by atoms with van der Waals surface area (Å²) in [4.78, 5) is 2.66. The van der Waals surface area contributed by atoms with Crippen LogP contribution in [-0.2, 0) is 0 Å². The van der Waals surface area contributed by atoms with Crippen LogP contribution in [0, 0.1) is 0 Å². The molecule has 0 aliphatic carbocycles. The van der Waals surface area contributed by atoms with E-state index in [1.54, 1.807) is 10.8 Å². The number of azide groups is 1. The summed E-state index contributed by atoms with van der Waals surface area (Å²) in [7, 11) is 3.61. The lowest BCUT2D eigenvalue weighted by Crippen LogP contribution is -1.79. The van der Waals surface area contributed by atoms with Gasteiger partial charge in [0.15, 0.2) is 0 Å². The molecule has 0 saturated carbocycles. The molecule has 0 rings (SSSR count). The van der Waals surface area contributed by atoms with Crippen molar-refractivity contribution in [3.8, 4) is 0 Å². The standard InChI is InChI=1S/C5H11N3S2/c1-2-4-9-10-5-3-7-8-6/h2-5H2,1H3. The second kappa shape index (κ2) is 9.01. The molecule has 0 aromatic carbocycles. The second-order valence-corrected chi connectivity index (χ2v) is 4.30. The molecular weight excluding hydrogens is 166 g/mol. The first kappa shape index (κ1) is 10.0. The summed E-state index contributed by atoms with van der Waals surface area (Å²) < 4.78 is 0. The van der Waals surface area contributed by atoms with Crippen LogP contribution in [0.3, 0.4) is 0 Å². The first-order valence-electron chi connectivity index (χ1n) is 3.17. The number of rotatable bonds is 6. The van der Waals surface area contributed by atoms with Crippen LogP contribution in [-0.4, -0.2) is 18.1 Å². The zero-order chi connectivity index (χ0) is 7.66. The highest BCUT2D eigenvalue weighted by Gasteiger charge is 1.86. The Balaban J connectivity index is 2.83. The molecule has 0 aromatic heterocycles. The summed E-state index contributed by atoms with van der Waals surface area (Å²) in [5.41, 5.74) is 7.91. The summed E-state index contributed by atoms with van der Waals surface area (Å²) >= 11 is 0. The smallest absolute Gasteiger partial charge is 0.0357 e. The topological polar surface area (TPSA) is 48.8 Å². The Morgan fingerprint density at radius 2 is 2.10 bits per heavy atom. The van der Waals surface area contributed by atoms with Crippen LogP contribution >= 0.6 is 21.6 Å². The van der Waals surface area contributed by atoms with Gasteiger partial charge in [-0.05, 0) is 12.0 Å². The Morgan fingerprint density at radius 1 is 1.40 bits per heavy atom. The second-order valence-electron chi connectivity index (χ2n) is 1.60. The van der Waals surface area contributed by atoms with Gasteiger partial charge in [0.2, 0.25) is 0 Å². The van der Waals surface area contributed by atoms with E-state index < -0.39 is 0 Å². The number of hydrogen-bond donors (Lipinski definition) is 0. The van der Waals surface area contributed by atoms with E-state index in [1.165, 1.54) is 12.2 Å². The highest BCUT2D eigenvalue weighted by molar-refractivity contribution is 8.76. The Bertz CT molecular complexity index is 111. The molecule has 10 heavy (non-hydrogen) atoms. The molecule has 3 nitrogen and oxygen atoms in total. The SMILES string of the molecule is CCCSSCCN=[N+]=[N-]. The van der Waals surface area contributed by atoms with Crippen molar-refractivity contribution in [3.63, 3.8) is 0 Å². The highest BCUT2D eigenvalue weighted by atomic mass is 33.1. The molecular formula is C5H11N3S2. The minimum Gasteiger partial charge on any atom is -0.0942 e. The van der Waals surface area contributed by atoms with Gasteiger partial charge in [0.1, 0.15) is 0 Å². The lowest BCUT2D eigenvalue weighted by atomic mass is 10.6. The maximum Gasteiger partial charge on any atom is 0.0357 e. The minimum absolute atomic E-state index is 0.609. The van der Waals surface area contributed by atoms with E-state index >= 15 is 0 Å². The average molecular weight is 177 g/mol. The predicted octanol–water partition coefficient (Wildman–Crippen LogP) is 3.09. The van der Waals surface area contributed by atoms with Crippen molar-refractivity contribution in [2.24, 2.45) is 5.11 Å². The number of nitrogens with zero attached hydrogens (tertiary/aromatic N) is 3. The van der Waals surface area contributed by atoms with Crippen molar-refractivity contribution < 1.29 is 0 Å². The van der Waals surface area contributed by atoms with Gasteiger partial charge in [-0.25, -0.2) is 0 Å². The first-order chi connectivity index (χ1) is 4.91. The monoisotopic (exact) mass is 177 g/mol. The zero-order valence-corrected chi connectivity index (χ0v) is 7.62. The van der Waals surface area contributed by atoms with Gasteiger partial charge in [0.05, 0.1) is 0 Å². The van der Waals surface area contributed by atoms with E-state index in [-0.39, 0.29) is 0 Å². The number of hydrogen-bond acceptors (Lipinski definition) is 3. The average Bonchev–Trinajstić information content (AvgIpc) is 1.97. The predicted molar refractivity (Wildman–Crippen MR) is 49.2 cm³/mol. The van der Waals surface area contributed by atoms with Crippen LogP contribution in [0.4, 0.5) is 0 Å². The van der Waals surface area contributed by atoms with Gasteiger partial charge in [-0.3, -0.25) is 0 Å². The molecule has 0 saturated heterocycles. The molecule has 0 N–H and O–H groups in total. The van der Waals surface area contributed by atoms with Crippen LogP contribution in [0.2, 0.25) is 0 Å². The van der Waals surface area contributed by atoms with E-state index in [0.717, 1.165) is 5.75 Å². The molecule has 0 fully saturated rings. The van der Waals surface area contributed by atoms with Crippen molar-refractivity contribution in [2.45, 2.75) is 13.3 Å². The highest BCUT2D eigenvalue weighted by Crippen LogP contribution is 2.20. The van der Waals surface area contributed by atoms with E-state index in [0.29, 0.717) is 6.54 Å². The van der Waals surface area contributed by atoms with Crippen LogP contribution < -0.4 is 0 Å². The largest absolute Gasteiger partial charge is 0.0942 e. The van der Waals surface area contributed by atoms with Gasteiger partial charge < -0.3 is 0 Å². The summed E-state index contributed by atoms with van der Waals surface area (Å²) in [5, 5.41) is 3.42. The van der Waals surface area contributed by atoms with Gasteiger partial charge in [-0.1, -0.05) is 33.6 Å². The molecule has 0 radical (unpaired) electrons. The summed E-state index contributed by atoms with van der Waals surface area (Å²) in [5.74, 6) is 2.11. The third-order valence-electron chi connectivity index (χ3n) is 0.709. The van der Waals surface area contributed by atoms with E-state index in [1.807, 2.05) is 10.8 Å². The molecule has 0 heterocycles. The van der Waals surface area contributed by atoms with Crippen LogP contribution in [0.1, 0.15) is 13.3 Å². The zero-order valence-electron chi connectivity index (χ0n) is 5.99. The molecule has 0 spiro atoms. The van der Waals surface area contributed by atoms with Gasteiger partial charge in [-0.2, -0.15) is 0 Å². The van der Waals surface area contributed by atoms with E-state index in [9.17, 15) is 0 Å². The van der Waals surface area contributed by atoms with Crippen molar-refractivity contribution >= 4 is 21.6 Å². The van der Waals surface area contributed by atoms with E-state index in [4.69, 9.17) is 5.53 Å².